The zero-order chi connectivity index (χ0) is 16.9. The fourth-order valence-corrected chi connectivity index (χ4v) is 1.83. The minimum atomic E-state index is -0.0667. The number of phenols is 2. The maximum Gasteiger partial charge on any atom is 0.157 e. The molecule has 0 saturated carbocycles. The van der Waals surface area contributed by atoms with Crippen molar-refractivity contribution in [3.63, 3.8) is 0 Å². The van der Waals surface area contributed by atoms with Crippen LogP contribution in [-0.2, 0) is 5.41 Å². The number of aryl methyl sites for hydroxylation is 1. The van der Waals surface area contributed by atoms with Crippen molar-refractivity contribution >= 4 is 5.57 Å². The van der Waals surface area contributed by atoms with Crippen LogP contribution in [0, 0.1) is 6.92 Å². The van der Waals surface area contributed by atoms with Crippen LogP contribution in [0.1, 0.15) is 44.4 Å². The number of rotatable bonds is 1. The van der Waals surface area contributed by atoms with Crippen molar-refractivity contribution in [1.82, 2.24) is 0 Å². The molecule has 0 unspecified atom stereocenters. The molecule has 0 aromatic heterocycles. The second-order valence-electron chi connectivity index (χ2n) is 6.60. The second kappa shape index (κ2) is 7.17. The number of allylic oxidation sites excluding steroid dienone is 1. The molecule has 0 atom stereocenters. The van der Waals surface area contributed by atoms with Crippen LogP contribution < -0.4 is 0 Å². The van der Waals surface area contributed by atoms with Gasteiger partial charge in [0.05, 0.1) is 0 Å². The second-order valence-corrected chi connectivity index (χ2v) is 6.60. The summed E-state index contributed by atoms with van der Waals surface area (Å²) in [5.41, 5.74) is 4.67. The number of aromatic hydroxyl groups is 2. The molecule has 2 aromatic carbocycles. The number of benzene rings is 2. The lowest BCUT2D eigenvalue weighted by atomic mass is 9.87. The van der Waals surface area contributed by atoms with Gasteiger partial charge < -0.3 is 10.2 Å². The molecular weight excluding hydrogens is 272 g/mol. The molecular formula is C20H26O2. The highest BCUT2D eigenvalue weighted by Crippen LogP contribution is 2.30. The lowest BCUT2D eigenvalue weighted by Crippen LogP contribution is -2.10. The van der Waals surface area contributed by atoms with Crippen LogP contribution in [0.25, 0.3) is 5.57 Å². The van der Waals surface area contributed by atoms with Gasteiger partial charge >= 0.3 is 0 Å². The molecule has 2 nitrogen and oxygen atoms in total. The van der Waals surface area contributed by atoms with Crippen molar-refractivity contribution in [2.75, 3.05) is 0 Å². The summed E-state index contributed by atoms with van der Waals surface area (Å²) in [7, 11) is 0. The van der Waals surface area contributed by atoms with Crippen LogP contribution in [0.5, 0.6) is 11.5 Å². The average Bonchev–Trinajstić information content (AvgIpc) is 2.42. The van der Waals surface area contributed by atoms with Gasteiger partial charge in [-0.2, -0.15) is 0 Å². The number of phenolic OH excluding ortho intramolecular Hbond substituents is 2. The van der Waals surface area contributed by atoms with Gasteiger partial charge in [-0.15, -0.1) is 0 Å². The Morgan fingerprint density at radius 2 is 1.45 bits per heavy atom. The summed E-state index contributed by atoms with van der Waals surface area (Å²) in [6.45, 7) is 14.1. The molecule has 0 radical (unpaired) electrons. The lowest BCUT2D eigenvalue weighted by Gasteiger charge is -2.19. The fourth-order valence-electron chi connectivity index (χ4n) is 1.83. The predicted octanol–water partition coefficient (Wildman–Crippen LogP) is 5.42. The van der Waals surface area contributed by atoms with Crippen molar-refractivity contribution in [2.45, 2.75) is 40.0 Å². The Labute approximate surface area is 133 Å². The highest BCUT2D eigenvalue weighted by atomic mass is 16.3. The van der Waals surface area contributed by atoms with E-state index in [-0.39, 0.29) is 16.9 Å². The minimum absolute atomic E-state index is 0.00514. The lowest BCUT2D eigenvalue weighted by molar-refractivity contribution is 0.401. The molecule has 2 aromatic rings. The van der Waals surface area contributed by atoms with Gasteiger partial charge in [-0.25, -0.2) is 0 Å². The molecule has 2 N–H and O–H groups in total. The maximum atomic E-state index is 9.21. The predicted molar refractivity (Wildman–Crippen MR) is 94.4 cm³/mol. The first-order chi connectivity index (χ1) is 10.1. The summed E-state index contributed by atoms with van der Waals surface area (Å²) in [6, 6.07) is 13.3. The molecule has 0 heterocycles. The molecule has 0 aliphatic rings. The van der Waals surface area contributed by atoms with Crippen LogP contribution in [0.3, 0.4) is 0 Å². The normalized spacial score (nSPS) is 10.6. The van der Waals surface area contributed by atoms with Crippen molar-refractivity contribution < 1.29 is 10.2 Å². The van der Waals surface area contributed by atoms with Crippen LogP contribution >= 0.6 is 0 Å². The van der Waals surface area contributed by atoms with Gasteiger partial charge in [0, 0.05) is 0 Å². The highest BCUT2D eigenvalue weighted by Gasteiger charge is 2.14. The van der Waals surface area contributed by atoms with Crippen molar-refractivity contribution in [2.24, 2.45) is 0 Å². The first-order valence-corrected chi connectivity index (χ1v) is 7.36. The molecule has 118 valence electrons. The van der Waals surface area contributed by atoms with E-state index in [0.29, 0.717) is 0 Å². The molecule has 0 aliphatic carbocycles. The van der Waals surface area contributed by atoms with Gasteiger partial charge in [0.2, 0.25) is 0 Å². The van der Waals surface area contributed by atoms with Gasteiger partial charge in [0.1, 0.15) is 0 Å². The zero-order valence-electron chi connectivity index (χ0n) is 14.1. The average molecular weight is 298 g/mol. The molecule has 0 aliphatic heterocycles. The number of hydrogen-bond donors (Lipinski definition) is 2. The summed E-state index contributed by atoms with van der Waals surface area (Å²) in [5, 5.41) is 18.3. The Morgan fingerprint density at radius 1 is 0.909 bits per heavy atom. The fraction of sp³-hybridized carbons (Fsp3) is 0.300. The van der Waals surface area contributed by atoms with Crippen molar-refractivity contribution in [1.29, 1.82) is 0 Å². The van der Waals surface area contributed by atoms with E-state index in [9.17, 15) is 5.11 Å². The summed E-state index contributed by atoms with van der Waals surface area (Å²) in [5.74, 6) is -0.120. The van der Waals surface area contributed by atoms with Gasteiger partial charge in [-0.3, -0.25) is 0 Å². The largest absolute Gasteiger partial charge is 0.504 e. The van der Waals surface area contributed by atoms with Crippen molar-refractivity contribution in [3.8, 4) is 11.5 Å². The van der Waals surface area contributed by atoms with E-state index < -0.39 is 0 Å². The Hall–Kier alpha value is -2.22. The zero-order valence-corrected chi connectivity index (χ0v) is 14.1. The third kappa shape index (κ3) is 5.28. The van der Waals surface area contributed by atoms with Crippen LogP contribution in [0.15, 0.2) is 49.0 Å². The molecule has 0 fully saturated rings. The molecule has 0 saturated heterocycles. The van der Waals surface area contributed by atoms with Gasteiger partial charge in [0.15, 0.2) is 11.5 Å². The molecule has 0 bridgehead atoms. The van der Waals surface area contributed by atoms with Gasteiger partial charge in [-0.05, 0) is 42.5 Å². The van der Waals surface area contributed by atoms with E-state index >= 15 is 0 Å². The Kier molecular flexibility index (Phi) is 5.81. The molecule has 0 amide bonds. The quantitative estimate of drug-likeness (QED) is 0.690. The van der Waals surface area contributed by atoms with Crippen LogP contribution in [0.2, 0.25) is 0 Å². The van der Waals surface area contributed by atoms with Gasteiger partial charge in [0.25, 0.3) is 0 Å². The molecule has 0 spiro atoms. The summed E-state index contributed by atoms with van der Waals surface area (Å²) in [4.78, 5) is 0. The summed E-state index contributed by atoms with van der Waals surface area (Å²) >= 11 is 0. The highest BCUT2D eigenvalue weighted by molar-refractivity contribution is 5.61. The monoisotopic (exact) mass is 298 g/mol. The third-order valence-electron chi connectivity index (χ3n) is 3.39. The first-order valence-electron chi connectivity index (χ1n) is 7.36. The van der Waals surface area contributed by atoms with E-state index in [2.05, 4.69) is 58.5 Å². The first kappa shape index (κ1) is 17.8. The van der Waals surface area contributed by atoms with Gasteiger partial charge in [-0.1, -0.05) is 68.8 Å². The molecule has 22 heavy (non-hydrogen) atoms. The minimum Gasteiger partial charge on any atom is -0.504 e. The SMILES string of the molecule is C=C(C)c1ccc(C)cc1.CC(C)(C)c1ccc(O)c(O)c1. The Balaban J connectivity index is 0.000000224. The summed E-state index contributed by atoms with van der Waals surface area (Å²) < 4.78 is 0. The third-order valence-corrected chi connectivity index (χ3v) is 3.39. The maximum absolute atomic E-state index is 9.21. The number of hydrogen-bond acceptors (Lipinski definition) is 2. The van der Waals surface area contributed by atoms with Crippen LogP contribution in [-0.4, -0.2) is 10.2 Å². The smallest absolute Gasteiger partial charge is 0.157 e. The molecule has 2 heteroatoms. The summed E-state index contributed by atoms with van der Waals surface area (Å²) in [6.07, 6.45) is 0. The van der Waals surface area contributed by atoms with Crippen molar-refractivity contribution in [3.05, 3.63) is 65.7 Å². The molecule has 2 rings (SSSR count). The van der Waals surface area contributed by atoms with E-state index in [1.807, 2.05) is 13.0 Å². The van der Waals surface area contributed by atoms with E-state index in [4.69, 9.17) is 5.11 Å². The van der Waals surface area contributed by atoms with E-state index in [1.165, 1.54) is 17.2 Å². The standard InChI is InChI=1S/C10H14O2.C10H12/c1-10(2,3)7-4-5-8(11)9(12)6-7;1-8(2)10-6-4-9(3)5-7-10/h4-6,11-12H,1-3H3;4-7H,1H2,2-3H3. The topological polar surface area (TPSA) is 40.5 Å². The van der Waals surface area contributed by atoms with Crippen LogP contribution in [0.4, 0.5) is 0 Å². The van der Waals surface area contributed by atoms with E-state index in [0.717, 1.165) is 11.1 Å². The van der Waals surface area contributed by atoms with E-state index in [1.54, 1.807) is 6.07 Å². The Bertz CT molecular complexity index is 632. The Morgan fingerprint density at radius 3 is 1.86 bits per heavy atom.